The molecule has 0 bridgehead atoms. The Morgan fingerprint density at radius 3 is 2.59 bits per heavy atom. The summed E-state index contributed by atoms with van der Waals surface area (Å²) >= 11 is 0. The maximum absolute atomic E-state index is 5.60. The van der Waals surface area contributed by atoms with Crippen LogP contribution in [0.3, 0.4) is 0 Å². The van der Waals surface area contributed by atoms with Crippen molar-refractivity contribution in [2.45, 2.75) is 52.5 Å². The van der Waals surface area contributed by atoms with Crippen molar-refractivity contribution in [3.05, 3.63) is 29.8 Å². The van der Waals surface area contributed by atoms with E-state index in [-0.39, 0.29) is 24.0 Å². The zero-order chi connectivity index (χ0) is 18.7. The molecule has 0 unspecified atom stereocenters. The van der Waals surface area contributed by atoms with Crippen molar-refractivity contribution < 1.29 is 9.47 Å². The van der Waals surface area contributed by atoms with E-state index < -0.39 is 0 Å². The van der Waals surface area contributed by atoms with E-state index in [9.17, 15) is 0 Å². The third kappa shape index (κ3) is 8.25. The molecule has 5 nitrogen and oxygen atoms in total. The number of hydrogen-bond acceptors (Lipinski definition) is 3. The monoisotopic (exact) mass is 489 g/mol. The molecule has 0 aliphatic heterocycles. The molecule has 2 rings (SSSR count). The molecule has 1 aromatic rings. The standard InChI is InChI=1S/C21H35N3O2.HI/c1-4-25-14-13-21(11-6-7-12-21)17-24-20(22-3)23-16-18-9-8-10-19(15-18)26-5-2;/h8-10,15H,4-7,11-14,16-17H2,1-3H3,(H2,22,23,24);1H. The van der Waals surface area contributed by atoms with E-state index in [1.807, 2.05) is 26.1 Å². The normalized spacial score (nSPS) is 15.9. The first kappa shape index (κ1) is 24.0. The van der Waals surface area contributed by atoms with E-state index in [0.29, 0.717) is 12.0 Å². The van der Waals surface area contributed by atoms with Crippen LogP contribution < -0.4 is 15.4 Å². The summed E-state index contributed by atoms with van der Waals surface area (Å²) in [7, 11) is 1.83. The Bertz CT molecular complexity index is 560. The summed E-state index contributed by atoms with van der Waals surface area (Å²) < 4.78 is 11.2. The predicted octanol–water partition coefficient (Wildman–Crippen LogP) is 4.36. The Morgan fingerprint density at radius 2 is 1.93 bits per heavy atom. The van der Waals surface area contributed by atoms with Crippen molar-refractivity contribution >= 4 is 29.9 Å². The SMILES string of the molecule is CCOCCC1(CNC(=NC)NCc2cccc(OCC)c2)CCCC1.I. The lowest BCUT2D eigenvalue weighted by Gasteiger charge is -2.30. The molecule has 6 heteroatoms. The van der Waals surface area contributed by atoms with Crippen LogP contribution >= 0.6 is 24.0 Å². The Labute approximate surface area is 181 Å². The molecule has 1 aliphatic rings. The minimum atomic E-state index is 0. The summed E-state index contributed by atoms with van der Waals surface area (Å²) in [4.78, 5) is 4.38. The molecular weight excluding hydrogens is 453 g/mol. The van der Waals surface area contributed by atoms with Gasteiger partial charge in [-0.3, -0.25) is 4.99 Å². The number of nitrogens with one attached hydrogen (secondary N) is 2. The van der Waals surface area contributed by atoms with E-state index in [1.165, 1.54) is 31.2 Å². The fourth-order valence-electron chi connectivity index (χ4n) is 3.66. The van der Waals surface area contributed by atoms with Gasteiger partial charge in [-0.15, -0.1) is 24.0 Å². The van der Waals surface area contributed by atoms with Crippen LogP contribution in [0, 0.1) is 5.41 Å². The molecule has 0 atom stereocenters. The minimum Gasteiger partial charge on any atom is -0.494 e. The Balaban J connectivity index is 0.00000364. The third-order valence-corrected chi connectivity index (χ3v) is 5.17. The third-order valence-electron chi connectivity index (χ3n) is 5.17. The summed E-state index contributed by atoms with van der Waals surface area (Å²) in [6, 6.07) is 8.19. The minimum absolute atomic E-state index is 0. The van der Waals surface area contributed by atoms with Crippen LogP contribution in [0.5, 0.6) is 5.75 Å². The van der Waals surface area contributed by atoms with Gasteiger partial charge >= 0.3 is 0 Å². The molecule has 1 saturated carbocycles. The van der Waals surface area contributed by atoms with Crippen molar-refractivity contribution in [2.24, 2.45) is 10.4 Å². The maximum Gasteiger partial charge on any atom is 0.191 e. The quantitative estimate of drug-likeness (QED) is 0.222. The first-order chi connectivity index (χ1) is 12.7. The van der Waals surface area contributed by atoms with Gasteiger partial charge < -0.3 is 20.1 Å². The highest BCUT2D eigenvalue weighted by atomic mass is 127. The van der Waals surface area contributed by atoms with Gasteiger partial charge in [-0.2, -0.15) is 0 Å². The molecule has 0 saturated heterocycles. The summed E-state index contributed by atoms with van der Waals surface area (Å²) in [5.74, 6) is 1.77. The van der Waals surface area contributed by atoms with E-state index in [1.54, 1.807) is 0 Å². The lowest BCUT2D eigenvalue weighted by molar-refractivity contribution is 0.105. The fraction of sp³-hybridized carbons (Fsp3) is 0.667. The smallest absolute Gasteiger partial charge is 0.191 e. The number of ether oxygens (including phenoxy) is 2. The van der Waals surface area contributed by atoms with Crippen LogP contribution in [-0.2, 0) is 11.3 Å². The number of benzene rings is 1. The molecule has 0 amide bonds. The first-order valence-corrected chi connectivity index (χ1v) is 9.95. The first-order valence-electron chi connectivity index (χ1n) is 9.95. The second-order valence-electron chi connectivity index (χ2n) is 7.01. The molecule has 0 heterocycles. The average Bonchev–Trinajstić information content (AvgIpc) is 3.12. The van der Waals surface area contributed by atoms with Crippen LogP contribution in [0.4, 0.5) is 0 Å². The second kappa shape index (κ2) is 13.2. The molecule has 1 aliphatic carbocycles. The molecule has 0 radical (unpaired) electrons. The second-order valence-corrected chi connectivity index (χ2v) is 7.01. The number of aliphatic imine (C=N–C) groups is 1. The Morgan fingerprint density at radius 1 is 1.15 bits per heavy atom. The van der Waals surface area contributed by atoms with Crippen molar-refractivity contribution in [1.82, 2.24) is 10.6 Å². The maximum atomic E-state index is 5.60. The largest absolute Gasteiger partial charge is 0.494 e. The number of nitrogens with zero attached hydrogens (tertiary/aromatic N) is 1. The van der Waals surface area contributed by atoms with E-state index in [4.69, 9.17) is 9.47 Å². The van der Waals surface area contributed by atoms with Crippen molar-refractivity contribution in [3.63, 3.8) is 0 Å². The number of rotatable bonds is 10. The molecule has 1 fully saturated rings. The van der Waals surface area contributed by atoms with Gasteiger partial charge in [-0.05, 0) is 56.2 Å². The zero-order valence-electron chi connectivity index (χ0n) is 17.1. The summed E-state index contributed by atoms with van der Waals surface area (Å²) in [6.45, 7) is 8.09. The lowest BCUT2D eigenvalue weighted by Crippen LogP contribution is -2.43. The highest BCUT2D eigenvalue weighted by molar-refractivity contribution is 14.0. The number of guanidine groups is 1. The molecule has 2 N–H and O–H groups in total. The summed E-state index contributed by atoms with van der Waals surface area (Å²) in [5.41, 5.74) is 1.53. The molecular formula is C21H36IN3O2. The van der Waals surface area contributed by atoms with Gasteiger partial charge in [-0.1, -0.05) is 25.0 Å². The Kier molecular flexibility index (Phi) is 11.7. The van der Waals surface area contributed by atoms with E-state index >= 15 is 0 Å². The molecule has 0 spiro atoms. The van der Waals surface area contributed by atoms with Gasteiger partial charge in [0.2, 0.25) is 0 Å². The van der Waals surface area contributed by atoms with Crippen LogP contribution in [0.15, 0.2) is 29.3 Å². The van der Waals surface area contributed by atoms with E-state index in [0.717, 1.165) is 44.4 Å². The van der Waals surface area contributed by atoms with Gasteiger partial charge in [0, 0.05) is 33.4 Å². The topological polar surface area (TPSA) is 54.9 Å². The fourth-order valence-corrected chi connectivity index (χ4v) is 3.66. The van der Waals surface area contributed by atoms with Gasteiger partial charge in [0.15, 0.2) is 5.96 Å². The van der Waals surface area contributed by atoms with Gasteiger partial charge in [-0.25, -0.2) is 0 Å². The molecule has 1 aromatic carbocycles. The highest BCUT2D eigenvalue weighted by Crippen LogP contribution is 2.40. The van der Waals surface area contributed by atoms with Crippen LogP contribution in [0.1, 0.15) is 51.5 Å². The zero-order valence-corrected chi connectivity index (χ0v) is 19.4. The van der Waals surface area contributed by atoms with Crippen LogP contribution in [0.25, 0.3) is 0 Å². The average molecular weight is 489 g/mol. The summed E-state index contributed by atoms with van der Waals surface area (Å²) in [5, 5.41) is 6.96. The van der Waals surface area contributed by atoms with Crippen LogP contribution in [0.2, 0.25) is 0 Å². The Hall–Kier alpha value is -1.02. The van der Waals surface area contributed by atoms with Gasteiger partial charge in [0.1, 0.15) is 5.75 Å². The molecule has 0 aromatic heterocycles. The predicted molar refractivity (Wildman–Crippen MR) is 123 cm³/mol. The number of halogens is 1. The van der Waals surface area contributed by atoms with E-state index in [2.05, 4.69) is 34.7 Å². The van der Waals surface area contributed by atoms with Crippen molar-refractivity contribution in [1.29, 1.82) is 0 Å². The molecule has 154 valence electrons. The highest BCUT2D eigenvalue weighted by Gasteiger charge is 2.33. The van der Waals surface area contributed by atoms with Crippen LogP contribution in [-0.4, -0.2) is 39.4 Å². The van der Waals surface area contributed by atoms with Crippen molar-refractivity contribution in [3.8, 4) is 5.75 Å². The van der Waals surface area contributed by atoms with Crippen molar-refractivity contribution in [2.75, 3.05) is 33.4 Å². The van der Waals surface area contributed by atoms with Gasteiger partial charge in [0.05, 0.1) is 6.61 Å². The molecule has 27 heavy (non-hydrogen) atoms. The summed E-state index contributed by atoms with van der Waals surface area (Å²) in [6.07, 6.45) is 6.33. The number of hydrogen-bond donors (Lipinski definition) is 2. The van der Waals surface area contributed by atoms with Gasteiger partial charge in [0.25, 0.3) is 0 Å². The lowest BCUT2D eigenvalue weighted by atomic mass is 9.83.